The van der Waals surface area contributed by atoms with Crippen LogP contribution in [0.3, 0.4) is 0 Å². The second-order valence-electron chi connectivity index (χ2n) is 5.95. The number of H-pyrrole nitrogens is 1. The van der Waals surface area contributed by atoms with Gasteiger partial charge in [-0.2, -0.15) is 0 Å². The molecule has 2 N–H and O–H groups in total. The van der Waals surface area contributed by atoms with E-state index in [1.807, 2.05) is 24.3 Å². The van der Waals surface area contributed by atoms with Crippen molar-refractivity contribution >= 4 is 62.2 Å². The second-order valence-corrected chi connectivity index (χ2v) is 7.89. The molecule has 0 atom stereocenters. The highest BCUT2D eigenvalue weighted by molar-refractivity contribution is 7.99. The quantitative estimate of drug-likeness (QED) is 0.355. The zero-order chi connectivity index (χ0) is 20.4. The van der Waals surface area contributed by atoms with Gasteiger partial charge >= 0.3 is 5.97 Å². The Morgan fingerprint density at radius 2 is 2.07 bits per heavy atom. The van der Waals surface area contributed by atoms with Crippen molar-refractivity contribution in [2.75, 3.05) is 17.7 Å². The van der Waals surface area contributed by atoms with Gasteiger partial charge in [0.2, 0.25) is 11.1 Å². The van der Waals surface area contributed by atoms with Crippen molar-refractivity contribution in [3.05, 3.63) is 34.8 Å². The average Bonchev–Trinajstić information content (AvgIpc) is 3.26. The van der Waals surface area contributed by atoms with E-state index in [4.69, 9.17) is 4.74 Å². The van der Waals surface area contributed by atoms with Crippen molar-refractivity contribution in [3.63, 3.8) is 0 Å². The van der Waals surface area contributed by atoms with Gasteiger partial charge < -0.3 is 15.0 Å². The predicted octanol–water partition coefficient (Wildman–Crippen LogP) is 3.18. The van der Waals surface area contributed by atoms with Gasteiger partial charge in [-0.05, 0) is 19.9 Å². The summed E-state index contributed by atoms with van der Waals surface area (Å²) >= 11 is 2.25. The number of aromatic nitrogens is 5. The number of hydrogen-bond acceptors (Lipinski definition) is 9. The minimum absolute atomic E-state index is 0.0841. The number of fused-ring (bicyclic) bond motifs is 3. The fourth-order valence-electron chi connectivity index (χ4n) is 2.69. The lowest BCUT2D eigenvalue weighted by Crippen LogP contribution is -2.14. The predicted molar refractivity (Wildman–Crippen MR) is 111 cm³/mol. The van der Waals surface area contributed by atoms with E-state index in [9.17, 15) is 9.59 Å². The van der Waals surface area contributed by atoms with Gasteiger partial charge in [0.05, 0.1) is 18.1 Å². The lowest BCUT2D eigenvalue weighted by atomic mass is 10.2. The van der Waals surface area contributed by atoms with Crippen molar-refractivity contribution in [2.24, 2.45) is 0 Å². The zero-order valence-electron chi connectivity index (χ0n) is 15.6. The van der Waals surface area contributed by atoms with E-state index >= 15 is 0 Å². The Kier molecular flexibility index (Phi) is 5.41. The van der Waals surface area contributed by atoms with Crippen LogP contribution in [0.5, 0.6) is 0 Å². The molecule has 4 aromatic rings. The molecule has 29 heavy (non-hydrogen) atoms. The van der Waals surface area contributed by atoms with Crippen molar-refractivity contribution < 1.29 is 14.3 Å². The van der Waals surface area contributed by atoms with Gasteiger partial charge in [0.1, 0.15) is 10.4 Å². The van der Waals surface area contributed by atoms with E-state index in [0.717, 1.165) is 22.2 Å². The number of aromatic amines is 1. The molecule has 1 amide bonds. The van der Waals surface area contributed by atoms with Crippen LogP contribution in [0.15, 0.2) is 29.4 Å². The van der Waals surface area contributed by atoms with Gasteiger partial charge in [0, 0.05) is 10.9 Å². The van der Waals surface area contributed by atoms with Crippen LogP contribution in [0.2, 0.25) is 0 Å². The summed E-state index contributed by atoms with van der Waals surface area (Å²) in [6.07, 6.45) is 0. The van der Waals surface area contributed by atoms with Crippen molar-refractivity contribution in [3.8, 4) is 0 Å². The average molecular weight is 428 g/mol. The third-order valence-electron chi connectivity index (χ3n) is 3.94. The molecule has 0 radical (unpaired) electrons. The molecule has 0 unspecified atom stereocenters. The number of anilines is 1. The standard InChI is InChI=1S/C18H16N6O3S2/c1-3-27-16(26)14-9(2)19-17(29-14)21-12(25)8-28-18-22-15-13(23-24-18)10-6-4-5-7-11(10)20-15/h4-7H,3,8H2,1-2H3,(H,19,21,25)(H,20,22,24). The molecule has 11 heteroatoms. The van der Waals surface area contributed by atoms with Crippen LogP contribution in [0.1, 0.15) is 22.3 Å². The highest BCUT2D eigenvalue weighted by Gasteiger charge is 2.18. The minimum atomic E-state index is -0.441. The molecule has 0 bridgehead atoms. The number of thiazole rings is 1. The van der Waals surface area contributed by atoms with Crippen LogP contribution in [0.4, 0.5) is 5.13 Å². The smallest absolute Gasteiger partial charge is 0.350 e. The summed E-state index contributed by atoms with van der Waals surface area (Å²) in [5.41, 5.74) is 2.77. The number of para-hydroxylation sites is 1. The van der Waals surface area contributed by atoms with Gasteiger partial charge in [0.25, 0.3) is 0 Å². The maximum Gasteiger partial charge on any atom is 0.350 e. The summed E-state index contributed by atoms with van der Waals surface area (Å²) in [7, 11) is 0. The number of carbonyl (C=O) groups is 2. The molecule has 0 saturated heterocycles. The van der Waals surface area contributed by atoms with Gasteiger partial charge in [0.15, 0.2) is 10.8 Å². The van der Waals surface area contributed by atoms with Gasteiger partial charge in [-0.3, -0.25) is 4.79 Å². The summed E-state index contributed by atoms with van der Waals surface area (Å²) in [5.74, 6) is -0.635. The minimum Gasteiger partial charge on any atom is -0.462 e. The zero-order valence-corrected chi connectivity index (χ0v) is 17.2. The molecular weight excluding hydrogens is 412 g/mol. The van der Waals surface area contributed by atoms with E-state index in [1.165, 1.54) is 11.8 Å². The number of amides is 1. The number of ether oxygens (including phenoxy) is 1. The van der Waals surface area contributed by atoms with Crippen LogP contribution in [0.25, 0.3) is 22.1 Å². The van der Waals surface area contributed by atoms with Crippen LogP contribution >= 0.6 is 23.1 Å². The maximum absolute atomic E-state index is 12.2. The molecule has 148 valence electrons. The largest absolute Gasteiger partial charge is 0.462 e. The maximum atomic E-state index is 12.2. The lowest BCUT2D eigenvalue weighted by molar-refractivity contribution is -0.113. The first-order valence-corrected chi connectivity index (χ1v) is 10.5. The SMILES string of the molecule is CCOC(=O)c1sc(NC(=O)CSc2nnc3c(n2)[nH]c2ccccc23)nc1C. The number of rotatable bonds is 6. The Labute approximate surface area is 173 Å². The molecule has 0 aliphatic rings. The Morgan fingerprint density at radius 3 is 2.90 bits per heavy atom. The van der Waals surface area contributed by atoms with Crippen molar-refractivity contribution in [1.29, 1.82) is 0 Å². The normalized spacial score (nSPS) is 11.1. The number of thioether (sulfide) groups is 1. The summed E-state index contributed by atoms with van der Waals surface area (Å²) in [5, 5.41) is 12.7. The molecule has 0 spiro atoms. The molecule has 0 aliphatic heterocycles. The number of aryl methyl sites for hydroxylation is 1. The molecule has 0 saturated carbocycles. The first-order valence-electron chi connectivity index (χ1n) is 8.73. The Balaban J connectivity index is 1.41. The number of hydrogen-bond donors (Lipinski definition) is 2. The van der Waals surface area contributed by atoms with Gasteiger partial charge in [-0.1, -0.05) is 41.3 Å². The Morgan fingerprint density at radius 1 is 1.24 bits per heavy atom. The number of carbonyl (C=O) groups excluding carboxylic acids is 2. The number of benzene rings is 1. The van der Waals surface area contributed by atoms with Crippen LogP contribution in [-0.4, -0.2) is 49.4 Å². The number of nitrogens with one attached hydrogen (secondary N) is 2. The molecule has 3 aromatic heterocycles. The summed E-state index contributed by atoms with van der Waals surface area (Å²) in [6, 6.07) is 7.75. The van der Waals surface area contributed by atoms with E-state index in [1.54, 1.807) is 13.8 Å². The topological polar surface area (TPSA) is 123 Å². The van der Waals surface area contributed by atoms with E-state index in [2.05, 4.69) is 30.5 Å². The molecular formula is C18H16N6O3S2. The number of nitrogens with zero attached hydrogens (tertiary/aromatic N) is 4. The van der Waals surface area contributed by atoms with Crippen molar-refractivity contribution in [2.45, 2.75) is 19.0 Å². The van der Waals surface area contributed by atoms with Gasteiger partial charge in [-0.25, -0.2) is 14.8 Å². The van der Waals surface area contributed by atoms with E-state index in [0.29, 0.717) is 32.0 Å². The molecule has 9 nitrogen and oxygen atoms in total. The van der Waals surface area contributed by atoms with Crippen LogP contribution in [0, 0.1) is 6.92 Å². The third kappa shape index (κ3) is 4.05. The number of esters is 1. The first kappa shape index (κ1) is 19.3. The van der Waals surface area contributed by atoms with Crippen molar-refractivity contribution in [1.82, 2.24) is 25.1 Å². The molecule has 0 aliphatic carbocycles. The fraction of sp³-hybridized carbons (Fsp3) is 0.222. The molecule has 1 aromatic carbocycles. The summed E-state index contributed by atoms with van der Waals surface area (Å²) < 4.78 is 4.98. The van der Waals surface area contributed by atoms with E-state index in [-0.39, 0.29) is 18.3 Å². The van der Waals surface area contributed by atoms with Crippen LogP contribution in [-0.2, 0) is 9.53 Å². The summed E-state index contributed by atoms with van der Waals surface area (Å²) in [4.78, 5) is 36.3. The summed E-state index contributed by atoms with van der Waals surface area (Å²) in [6.45, 7) is 3.71. The highest BCUT2D eigenvalue weighted by atomic mass is 32.2. The van der Waals surface area contributed by atoms with Gasteiger partial charge in [-0.15, -0.1) is 10.2 Å². The Hall–Kier alpha value is -3.05. The Bertz CT molecular complexity index is 1220. The highest BCUT2D eigenvalue weighted by Crippen LogP contribution is 2.25. The van der Waals surface area contributed by atoms with Crippen LogP contribution < -0.4 is 5.32 Å². The first-order chi connectivity index (χ1) is 14.0. The third-order valence-corrected chi connectivity index (χ3v) is 5.83. The monoisotopic (exact) mass is 428 g/mol. The second kappa shape index (κ2) is 8.13. The fourth-order valence-corrected chi connectivity index (χ4v) is 4.15. The lowest BCUT2D eigenvalue weighted by Gasteiger charge is -2.00. The van der Waals surface area contributed by atoms with E-state index < -0.39 is 5.97 Å². The molecule has 0 fully saturated rings. The molecule has 3 heterocycles. The molecule has 4 rings (SSSR count).